The smallest absolute Gasteiger partial charge is 0.216 e. The molecule has 0 aliphatic carbocycles. The Balaban J connectivity index is 1.75. The summed E-state index contributed by atoms with van der Waals surface area (Å²) in [6, 6.07) is 15.5. The number of hydrogen-bond acceptors (Lipinski definition) is 5. The monoisotopic (exact) mass is 409 g/mol. The lowest BCUT2D eigenvalue weighted by Gasteiger charge is -2.05. The van der Waals surface area contributed by atoms with Crippen molar-refractivity contribution in [3.63, 3.8) is 0 Å². The minimum Gasteiger partial charge on any atom is -0.497 e. The van der Waals surface area contributed by atoms with Crippen LogP contribution in [0.3, 0.4) is 0 Å². The number of aryl methyl sites for hydroxylation is 1. The molecule has 0 bridgehead atoms. The molecule has 0 amide bonds. The van der Waals surface area contributed by atoms with Gasteiger partial charge in [0.15, 0.2) is 5.82 Å². The number of benzene rings is 2. The van der Waals surface area contributed by atoms with Gasteiger partial charge in [-0.1, -0.05) is 41.4 Å². The second kappa shape index (κ2) is 7.53. The van der Waals surface area contributed by atoms with Gasteiger partial charge >= 0.3 is 0 Å². The van der Waals surface area contributed by atoms with Crippen LogP contribution in [0.25, 0.3) is 22.3 Å². The van der Waals surface area contributed by atoms with E-state index in [0.717, 1.165) is 27.8 Å². The van der Waals surface area contributed by atoms with Crippen molar-refractivity contribution < 1.29 is 4.74 Å². The lowest BCUT2D eigenvalue weighted by molar-refractivity contribution is 0.415. The zero-order chi connectivity index (χ0) is 19.7. The van der Waals surface area contributed by atoms with Crippen LogP contribution in [0, 0.1) is 11.7 Å². The first kappa shape index (κ1) is 18.3. The van der Waals surface area contributed by atoms with Crippen LogP contribution < -0.4 is 4.74 Å². The van der Waals surface area contributed by atoms with Gasteiger partial charge in [0.2, 0.25) is 4.77 Å². The van der Waals surface area contributed by atoms with Crippen molar-refractivity contribution in [1.82, 2.24) is 19.9 Å². The summed E-state index contributed by atoms with van der Waals surface area (Å²) in [4.78, 5) is 4.42. The van der Waals surface area contributed by atoms with Gasteiger partial charge in [-0.2, -0.15) is 14.9 Å². The van der Waals surface area contributed by atoms with Crippen molar-refractivity contribution in [2.75, 3.05) is 7.11 Å². The van der Waals surface area contributed by atoms with Crippen LogP contribution in [0.2, 0.25) is 5.15 Å². The van der Waals surface area contributed by atoms with Gasteiger partial charge in [-0.05, 0) is 43.4 Å². The van der Waals surface area contributed by atoms with Gasteiger partial charge < -0.3 is 4.74 Å². The zero-order valence-corrected chi connectivity index (χ0v) is 16.8. The normalized spacial score (nSPS) is 11.4. The summed E-state index contributed by atoms with van der Waals surface area (Å²) in [6.07, 6.45) is 1.62. The zero-order valence-electron chi connectivity index (χ0n) is 15.2. The van der Waals surface area contributed by atoms with Gasteiger partial charge in [0.25, 0.3) is 0 Å². The molecular weight excluding hydrogens is 394 g/mol. The van der Waals surface area contributed by atoms with E-state index in [4.69, 9.17) is 28.6 Å². The van der Waals surface area contributed by atoms with Crippen molar-refractivity contribution in [2.24, 2.45) is 5.10 Å². The van der Waals surface area contributed by atoms with Crippen LogP contribution in [0.1, 0.15) is 11.1 Å². The second-order valence-corrected chi connectivity index (χ2v) is 6.95. The van der Waals surface area contributed by atoms with E-state index in [-0.39, 0.29) is 0 Å². The Morgan fingerprint density at radius 1 is 1.18 bits per heavy atom. The summed E-state index contributed by atoms with van der Waals surface area (Å²) >= 11 is 11.7. The van der Waals surface area contributed by atoms with E-state index in [1.54, 1.807) is 18.0 Å². The largest absolute Gasteiger partial charge is 0.497 e. The number of H-pyrrole nitrogens is 1. The molecule has 1 N–H and O–H groups in total. The summed E-state index contributed by atoms with van der Waals surface area (Å²) < 4.78 is 7.22. The molecular formula is C20H16ClN5OS. The number of aromatic nitrogens is 4. The number of methoxy groups -OCH3 is 1. The van der Waals surface area contributed by atoms with Gasteiger partial charge in [0.05, 0.1) is 18.8 Å². The van der Waals surface area contributed by atoms with Gasteiger partial charge in [-0.3, -0.25) is 0 Å². The minimum atomic E-state index is 0.355. The van der Waals surface area contributed by atoms with E-state index < -0.39 is 0 Å². The number of nitrogens with one attached hydrogen (secondary N) is 1. The predicted octanol–water partition coefficient (Wildman–Crippen LogP) is 5.01. The van der Waals surface area contributed by atoms with Crippen LogP contribution in [0.5, 0.6) is 5.75 Å². The van der Waals surface area contributed by atoms with Crippen LogP contribution in [0.15, 0.2) is 53.6 Å². The van der Waals surface area contributed by atoms with E-state index in [1.165, 1.54) is 0 Å². The Hall–Kier alpha value is -3.03. The third kappa shape index (κ3) is 3.54. The van der Waals surface area contributed by atoms with E-state index in [9.17, 15) is 0 Å². The third-order valence-corrected chi connectivity index (χ3v) is 4.84. The number of halogens is 1. The average Bonchev–Trinajstić information content (AvgIpc) is 3.07. The summed E-state index contributed by atoms with van der Waals surface area (Å²) in [5, 5.41) is 12.8. The van der Waals surface area contributed by atoms with E-state index in [1.807, 2.05) is 55.5 Å². The lowest BCUT2D eigenvalue weighted by Crippen LogP contribution is -1.96. The maximum absolute atomic E-state index is 6.34. The molecule has 2 heterocycles. The third-order valence-electron chi connectivity index (χ3n) is 4.28. The van der Waals surface area contributed by atoms with Crippen LogP contribution in [-0.4, -0.2) is 33.2 Å². The lowest BCUT2D eigenvalue weighted by atomic mass is 10.1. The molecule has 0 unspecified atom stereocenters. The Labute approximate surface area is 171 Å². The van der Waals surface area contributed by atoms with E-state index in [2.05, 4.69) is 20.3 Å². The number of pyridine rings is 1. The fraction of sp³-hybridized carbons (Fsp3) is 0.100. The fourth-order valence-electron chi connectivity index (χ4n) is 2.77. The standard InChI is InChI=1S/C20H16ClN5OS/c1-12-3-5-13(6-4-12)19-24-25-20(28)26(19)22-11-15-9-14-10-16(27-2)7-8-17(14)23-18(15)21/h3-11H,1-2H3,(H,25,28)/b22-11-. The Bertz CT molecular complexity index is 1240. The van der Waals surface area contributed by atoms with Gasteiger partial charge in [0, 0.05) is 16.5 Å². The molecule has 28 heavy (non-hydrogen) atoms. The molecule has 2 aromatic heterocycles. The first-order valence-corrected chi connectivity index (χ1v) is 9.27. The number of nitrogens with zero attached hydrogens (tertiary/aromatic N) is 4. The maximum atomic E-state index is 6.34. The molecule has 2 aromatic carbocycles. The highest BCUT2D eigenvalue weighted by Gasteiger charge is 2.09. The van der Waals surface area contributed by atoms with Crippen LogP contribution in [-0.2, 0) is 0 Å². The number of fused-ring (bicyclic) bond motifs is 1. The highest BCUT2D eigenvalue weighted by Crippen LogP contribution is 2.24. The Kier molecular flexibility index (Phi) is 4.93. The van der Waals surface area contributed by atoms with Gasteiger partial charge in [0.1, 0.15) is 10.9 Å². The molecule has 140 valence electrons. The molecule has 0 atom stereocenters. The molecule has 6 nitrogen and oxygen atoms in total. The first-order valence-electron chi connectivity index (χ1n) is 8.48. The summed E-state index contributed by atoms with van der Waals surface area (Å²) in [5.41, 5.74) is 3.52. The second-order valence-electron chi connectivity index (χ2n) is 6.20. The van der Waals surface area contributed by atoms with Crippen molar-refractivity contribution in [2.45, 2.75) is 6.92 Å². The SMILES string of the molecule is COc1ccc2nc(Cl)c(/C=N\n3c(-c4ccc(C)cc4)n[nH]c3=S)cc2c1. The highest BCUT2D eigenvalue weighted by atomic mass is 35.5. The van der Waals surface area contributed by atoms with Gasteiger partial charge in [-0.25, -0.2) is 10.1 Å². The topological polar surface area (TPSA) is 68.1 Å². The van der Waals surface area contributed by atoms with Crippen LogP contribution >= 0.6 is 23.8 Å². The predicted molar refractivity (Wildman–Crippen MR) is 114 cm³/mol. The number of ether oxygens (including phenoxy) is 1. The molecule has 8 heteroatoms. The van der Waals surface area contributed by atoms with E-state index in [0.29, 0.717) is 21.3 Å². The Morgan fingerprint density at radius 2 is 1.96 bits per heavy atom. The number of aromatic amines is 1. The molecule has 0 aliphatic heterocycles. The van der Waals surface area contributed by atoms with Crippen molar-refractivity contribution in [1.29, 1.82) is 0 Å². The van der Waals surface area contributed by atoms with E-state index >= 15 is 0 Å². The summed E-state index contributed by atoms with van der Waals surface area (Å²) in [5.74, 6) is 1.37. The van der Waals surface area contributed by atoms with Gasteiger partial charge in [-0.15, -0.1) is 0 Å². The van der Waals surface area contributed by atoms with Crippen molar-refractivity contribution in [3.8, 4) is 17.1 Å². The minimum absolute atomic E-state index is 0.355. The molecule has 0 saturated heterocycles. The number of hydrogen-bond donors (Lipinski definition) is 1. The van der Waals surface area contributed by atoms with Crippen LogP contribution in [0.4, 0.5) is 0 Å². The Morgan fingerprint density at radius 3 is 2.71 bits per heavy atom. The fourth-order valence-corrected chi connectivity index (χ4v) is 3.15. The molecule has 4 aromatic rings. The summed E-state index contributed by atoms with van der Waals surface area (Å²) in [7, 11) is 1.63. The molecule has 0 radical (unpaired) electrons. The highest BCUT2D eigenvalue weighted by molar-refractivity contribution is 7.71. The molecule has 4 rings (SSSR count). The molecule has 0 fully saturated rings. The summed E-state index contributed by atoms with van der Waals surface area (Å²) in [6.45, 7) is 2.03. The molecule has 0 saturated carbocycles. The average molecular weight is 410 g/mol. The van der Waals surface area contributed by atoms with Crippen molar-refractivity contribution >= 4 is 40.9 Å². The van der Waals surface area contributed by atoms with Crippen molar-refractivity contribution in [3.05, 3.63) is 69.6 Å². The maximum Gasteiger partial charge on any atom is 0.216 e. The quantitative estimate of drug-likeness (QED) is 0.292. The molecule has 0 spiro atoms. The number of rotatable bonds is 4. The molecule has 0 aliphatic rings. The first-order chi connectivity index (χ1) is 13.5.